The SMILES string of the molecule is CCCCCCCCCOc1ccc(-c2ccc(-c3ccc(CCC)cc3)c(F)c2F)cc1. The molecule has 1 nitrogen and oxygen atoms in total. The first-order chi connectivity index (χ1) is 16.1. The van der Waals surface area contributed by atoms with Crippen LogP contribution in [-0.2, 0) is 6.42 Å². The summed E-state index contributed by atoms with van der Waals surface area (Å²) in [6, 6.07) is 18.2. The van der Waals surface area contributed by atoms with Crippen molar-refractivity contribution in [1.82, 2.24) is 0 Å². The minimum Gasteiger partial charge on any atom is -0.494 e. The predicted molar refractivity (Wildman–Crippen MR) is 135 cm³/mol. The molecular formula is C30H36F2O. The second-order valence-corrected chi connectivity index (χ2v) is 8.73. The summed E-state index contributed by atoms with van der Waals surface area (Å²) in [7, 11) is 0. The first kappa shape index (κ1) is 25.0. The number of ether oxygens (including phenoxy) is 1. The molecule has 3 rings (SSSR count). The van der Waals surface area contributed by atoms with Crippen molar-refractivity contribution >= 4 is 0 Å². The molecule has 0 spiro atoms. The Morgan fingerprint density at radius 1 is 0.576 bits per heavy atom. The number of rotatable bonds is 13. The van der Waals surface area contributed by atoms with Gasteiger partial charge in [-0.25, -0.2) is 8.78 Å². The van der Waals surface area contributed by atoms with Crippen LogP contribution in [0.1, 0.15) is 70.8 Å². The molecule has 0 bridgehead atoms. The van der Waals surface area contributed by atoms with E-state index in [9.17, 15) is 8.78 Å². The summed E-state index contributed by atoms with van der Waals surface area (Å²) in [6.07, 6.45) is 10.7. The average Bonchev–Trinajstić information content (AvgIpc) is 2.84. The lowest BCUT2D eigenvalue weighted by molar-refractivity contribution is 0.304. The number of aryl methyl sites for hydroxylation is 1. The van der Waals surface area contributed by atoms with Gasteiger partial charge >= 0.3 is 0 Å². The minimum atomic E-state index is -0.818. The monoisotopic (exact) mass is 450 g/mol. The fourth-order valence-corrected chi connectivity index (χ4v) is 4.11. The van der Waals surface area contributed by atoms with Crippen molar-refractivity contribution in [1.29, 1.82) is 0 Å². The van der Waals surface area contributed by atoms with E-state index in [1.807, 2.05) is 36.4 Å². The van der Waals surface area contributed by atoms with Crippen molar-refractivity contribution in [3.63, 3.8) is 0 Å². The molecule has 0 fully saturated rings. The van der Waals surface area contributed by atoms with Crippen molar-refractivity contribution < 1.29 is 13.5 Å². The molecule has 3 aromatic rings. The van der Waals surface area contributed by atoms with Crippen LogP contribution >= 0.6 is 0 Å². The van der Waals surface area contributed by atoms with E-state index in [-0.39, 0.29) is 11.1 Å². The Labute approximate surface area is 197 Å². The highest BCUT2D eigenvalue weighted by atomic mass is 19.2. The summed E-state index contributed by atoms with van der Waals surface area (Å²) in [5.41, 5.74) is 3.07. The minimum absolute atomic E-state index is 0.262. The summed E-state index contributed by atoms with van der Waals surface area (Å²) >= 11 is 0. The number of halogens is 2. The van der Waals surface area contributed by atoms with Crippen LogP contribution < -0.4 is 4.74 Å². The Hall–Kier alpha value is -2.68. The van der Waals surface area contributed by atoms with Crippen molar-refractivity contribution in [2.24, 2.45) is 0 Å². The van der Waals surface area contributed by atoms with E-state index in [2.05, 4.69) is 13.8 Å². The van der Waals surface area contributed by atoms with Gasteiger partial charge in [-0.15, -0.1) is 0 Å². The van der Waals surface area contributed by atoms with E-state index < -0.39 is 11.6 Å². The van der Waals surface area contributed by atoms with Crippen LogP contribution in [0.2, 0.25) is 0 Å². The second-order valence-electron chi connectivity index (χ2n) is 8.73. The zero-order valence-electron chi connectivity index (χ0n) is 20.0. The van der Waals surface area contributed by atoms with Crippen LogP contribution in [0, 0.1) is 11.6 Å². The van der Waals surface area contributed by atoms with Crippen molar-refractivity contribution in [3.8, 4) is 28.0 Å². The molecule has 3 aromatic carbocycles. The molecule has 0 amide bonds. The topological polar surface area (TPSA) is 9.23 Å². The maximum Gasteiger partial charge on any atom is 0.167 e. The molecule has 0 saturated heterocycles. The molecule has 0 aliphatic heterocycles. The van der Waals surface area contributed by atoms with Gasteiger partial charge in [0.05, 0.1) is 6.61 Å². The molecule has 33 heavy (non-hydrogen) atoms. The van der Waals surface area contributed by atoms with Crippen LogP contribution in [0.4, 0.5) is 8.78 Å². The van der Waals surface area contributed by atoms with Gasteiger partial charge in [-0.3, -0.25) is 0 Å². The third-order valence-corrected chi connectivity index (χ3v) is 6.07. The van der Waals surface area contributed by atoms with E-state index in [0.717, 1.165) is 25.0 Å². The molecule has 0 radical (unpaired) electrons. The summed E-state index contributed by atoms with van der Waals surface area (Å²) in [5.74, 6) is -0.869. The van der Waals surface area contributed by atoms with Crippen LogP contribution in [0.5, 0.6) is 5.75 Å². The van der Waals surface area contributed by atoms with Crippen LogP contribution in [0.3, 0.4) is 0 Å². The maximum atomic E-state index is 14.9. The summed E-state index contributed by atoms with van der Waals surface area (Å²) in [6.45, 7) is 5.03. The summed E-state index contributed by atoms with van der Waals surface area (Å²) in [4.78, 5) is 0. The van der Waals surface area contributed by atoms with Gasteiger partial charge in [-0.1, -0.05) is 107 Å². The Morgan fingerprint density at radius 3 is 1.64 bits per heavy atom. The van der Waals surface area contributed by atoms with Gasteiger partial charge in [0.15, 0.2) is 11.6 Å². The zero-order valence-corrected chi connectivity index (χ0v) is 20.0. The standard InChI is InChI=1S/C30H36F2O/c1-3-5-6-7-8-9-10-22-33-26-18-16-25(17-19-26)28-21-20-27(29(31)30(28)32)24-14-12-23(11-4-2)13-15-24/h12-21H,3-11,22H2,1-2H3. The van der Waals surface area contributed by atoms with Crippen molar-refractivity contribution in [2.75, 3.05) is 6.61 Å². The van der Waals surface area contributed by atoms with Crippen molar-refractivity contribution in [2.45, 2.75) is 71.6 Å². The highest BCUT2D eigenvalue weighted by Crippen LogP contribution is 2.32. The number of benzene rings is 3. The van der Waals surface area contributed by atoms with Gasteiger partial charge in [0.2, 0.25) is 0 Å². The van der Waals surface area contributed by atoms with E-state index in [1.54, 1.807) is 24.3 Å². The molecule has 0 atom stereocenters. The Bertz CT molecular complexity index is 977. The van der Waals surface area contributed by atoms with Gasteiger partial charge in [-0.2, -0.15) is 0 Å². The highest BCUT2D eigenvalue weighted by molar-refractivity contribution is 5.72. The lowest BCUT2D eigenvalue weighted by atomic mass is 9.97. The average molecular weight is 451 g/mol. The van der Waals surface area contributed by atoms with Gasteiger partial charge in [0.1, 0.15) is 5.75 Å². The lowest BCUT2D eigenvalue weighted by Gasteiger charge is -2.11. The van der Waals surface area contributed by atoms with E-state index in [0.29, 0.717) is 17.7 Å². The lowest BCUT2D eigenvalue weighted by Crippen LogP contribution is -1.98. The Morgan fingerprint density at radius 2 is 1.09 bits per heavy atom. The first-order valence-electron chi connectivity index (χ1n) is 12.4. The number of hydrogen-bond acceptors (Lipinski definition) is 1. The largest absolute Gasteiger partial charge is 0.494 e. The highest BCUT2D eigenvalue weighted by Gasteiger charge is 2.16. The van der Waals surface area contributed by atoms with Gasteiger partial charge in [-0.05, 0) is 41.7 Å². The molecule has 0 aliphatic carbocycles. The maximum absolute atomic E-state index is 14.9. The quantitative estimate of drug-likeness (QED) is 0.236. The van der Waals surface area contributed by atoms with E-state index in [1.165, 1.54) is 44.1 Å². The Kier molecular flexibility index (Phi) is 9.93. The fourth-order valence-electron chi connectivity index (χ4n) is 4.11. The normalized spacial score (nSPS) is 11.0. The molecule has 0 heterocycles. The summed E-state index contributed by atoms with van der Waals surface area (Å²) in [5, 5.41) is 0. The number of hydrogen-bond donors (Lipinski definition) is 0. The van der Waals surface area contributed by atoms with Crippen LogP contribution in [0.15, 0.2) is 60.7 Å². The van der Waals surface area contributed by atoms with Crippen LogP contribution in [-0.4, -0.2) is 6.61 Å². The number of unbranched alkanes of at least 4 members (excludes halogenated alkanes) is 6. The van der Waals surface area contributed by atoms with Crippen LogP contribution in [0.25, 0.3) is 22.3 Å². The molecule has 0 unspecified atom stereocenters. The fraction of sp³-hybridized carbons (Fsp3) is 0.400. The molecular weight excluding hydrogens is 414 g/mol. The Balaban J connectivity index is 1.59. The van der Waals surface area contributed by atoms with Gasteiger partial charge in [0.25, 0.3) is 0 Å². The molecule has 176 valence electrons. The van der Waals surface area contributed by atoms with Crippen molar-refractivity contribution in [3.05, 3.63) is 77.9 Å². The predicted octanol–water partition coefficient (Wildman–Crippen LogP) is 9.38. The van der Waals surface area contributed by atoms with Gasteiger partial charge < -0.3 is 4.74 Å². The second kappa shape index (κ2) is 13.1. The van der Waals surface area contributed by atoms with E-state index >= 15 is 0 Å². The molecule has 3 heteroatoms. The first-order valence-corrected chi connectivity index (χ1v) is 12.4. The molecule has 0 saturated carbocycles. The third-order valence-electron chi connectivity index (χ3n) is 6.07. The summed E-state index contributed by atoms with van der Waals surface area (Å²) < 4.78 is 35.6. The molecule has 0 N–H and O–H groups in total. The molecule has 0 aromatic heterocycles. The molecule has 0 aliphatic rings. The van der Waals surface area contributed by atoms with Gasteiger partial charge in [0, 0.05) is 11.1 Å². The third kappa shape index (κ3) is 7.15. The zero-order chi connectivity index (χ0) is 23.5. The van der Waals surface area contributed by atoms with E-state index in [4.69, 9.17) is 4.74 Å². The smallest absolute Gasteiger partial charge is 0.167 e.